The first-order chi connectivity index (χ1) is 16.5. The Morgan fingerprint density at radius 3 is 2.20 bits per heavy atom. The van der Waals surface area contributed by atoms with Gasteiger partial charge in [-0.05, 0) is 48.4 Å². The molecule has 1 aliphatic rings. The molecule has 0 aliphatic carbocycles. The van der Waals surface area contributed by atoms with Crippen LogP contribution in [0.2, 0.25) is 0 Å². The second-order valence-electron chi connectivity index (χ2n) is 8.07. The van der Waals surface area contributed by atoms with Gasteiger partial charge >= 0.3 is 5.97 Å². The molecule has 1 saturated heterocycles. The number of aliphatic carboxylic acids is 1. The van der Waals surface area contributed by atoms with E-state index in [9.17, 15) is 40.5 Å². The van der Waals surface area contributed by atoms with Crippen LogP contribution in [-0.4, -0.2) is 72.4 Å². The lowest BCUT2D eigenvalue weighted by molar-refractivity contribution is -0.271. The van der Waals surface area contributed by atoms with Gasteiger partial charge in [0.15, 0.2) is 17.6 Å². The Morgan fingerprint density at radius 1 is 0.914 bits per heavy atom. The molecule has 2 aromatic rings. The van der Waals surface area contributed by atoms with Crippen LogP contribution in [0.3, 0.4) is 0 Å². The van der Waals surface area contributed by atoms with E-state index in [1.54, 1.807) is 31.2 Å². The molecule has 35 heavy (non-hydrogen) atoms. The Labute approximate surface area is 200 Å². The van der Waals surface area contributed by atoms with Gasteiger partial charge in [-0.1, -0.05) is 36.4 Å². The fourth-order valence-corrected chi connectivity index (χ4v) is 3.33. The highest BCUT2D eigenvalue weighted by atomic mass is 16.7. The first kappa shape index (κ1) is 25.8. The Hall–Kier alpha value is -3.83. The topological polar surface area (TPSA) is 177 Å². The minimum atomic E-state index is -1.88. The molecule has 0 saturated carbocycles. The predicted octanol–water partition coefficient (Wildman–Crippen LogP) is 1.83. The number of phenols is 3. The van der Waals surface area contributed by atoms with Crippen LogP contribution < -0.4 is 4.74 Å². The summed E-state index contributed by atoms with van der Waals surface area (Å²) in [6.45, 7) is 5.47. The molecule has 5 unspecified atom stereocenters. The summed E-state index contributed by atoms with van der Waals surface area (Å²) in [5.41, 5.74) is 1.78. The van der Waals surface area contributed by atoms with Crippen LogP contribution in [0.25, 0.3) is 18.2 Å². The molecule has 1 heterocycles. The largest absolute Gasteiger partial charge is 0.507 e. The molecule has 7 N–H and O–H groups in total. The molecule has 0 spiro atoms. The van der Waals surface area contributed by atoms with E-state index in [2.05, 4.69) is 6.58 Å². The van der Waals surface area contributed by atoms with Crippen molar-refractivity contribution < 1.29 is 50.0 Å². The Morgan fingerprint density at radius 2 is 1.57 bits per heavy atom. The lowest BCUT2D eigenvalue weighted by Gasteiger charge is -2.38. The summed E-state index contributed by atoms with van der Waals surface area (Å²) in [4.78, 5) is 11.4. The third-order valence-electron chi connectivity index (χ3n) is 5.20. The summed E-state index contributed by atoms with van der Waals surface area (Å²) < 4.78 is 10.9. The van der Waals surface area contributed by atoms with Gasteiger partial charge in [0.05, 0.1) is 5.56 Å². The Bertz CT molecular complexity index is 1170. The molecular weight excluding hydrogens is 460 g/mol. The number of carboxylic acid groups (broad SMARTS) is 1. The maximum absolute atomic E-state index is 11.4. The second-order valence-corrected chi connectivity index (χ2v) is 8.07. The van der Waals surface area contributed by atoms with E-state index < -0.39 is 36.7 Å². The highest BCUT2D eigenvalue weighted by molar-refractivity contribution is 5.76. The van der Waals surface area contributed by atoms with Crippen molar-refractivity contribution in [3.8, 4) is 23.0 Å². The number of aromatic hydroxyl groups is 3. The highest BCUT2D eigenvalue weighted by Gasteiger charge is 2.48. The second kappa shape index (κ2) is 10.6. The van der Waals surface area contributed by atoms with E-state index in [1.807, 2.05) is 0 Å². The fourth-order valence-electron chi connectivity index (χ4n) is 3.33. The minimum absolute atomic E-state index is 0.0209. The van der Waals surface area contributed by atoms with Crippen molar-refractivity contribution in [3.05, 3.63) is 65.3 Å². The van der Waals surface area contributed by atoms with Crippen molar-refractivity contribution in [2.24, 2.45) is 0 Å². The zero-order chi connectivity index (χ0) is 25.9. The first-order valence-corrected chi connectivity index (χ1v) is 10.5. The third-order valence-corrected chi connectivity index (χ3v) is 5.20. The van der Waals surface area contributed by atoms with E-state index >= 15 is 0 Å². The van der Waals surface area contributed by atoms with Gasteiger partial charge in [0.25, 0.3) is 0 Å². The average molecular weight is 486 g/mol. The standard InChI is InChI=1S/C25H26O10/c1-12(2)3-7-15-17(27)10-14(5-4-13-6-8-16(26)18(28)9-13)11-19(15)34-25-22(31)20(29)21(30)23(35-25)24(32)33/h3-11,20-23,25-31H,1H2,2H3,(H,32,33)/b5-4+,7-3+. The highest BCUT2D eigenvalue weighted by Crippen LogP contribution is 2.35. The number of benzene rings is 2. The molecule has 186 valence electrons. The van der Waals surface area contributed by atoms with E-state index in [-0.39, 0.29) is 28.6 Å². The van der Waals surface area contributed by atoms with E-state index in [0.717, 1.165) is 0 Å². The van der Waals surface area contributed by atoms with Crippen LogP contribution in [0.15, 0.2) is 48.6 Å². The number of phenolic OH excluding ortho intramolecular Hbond substituents is 3. The molecule has 0 bridgehead atoms. The molecular formula is C25H26O10. The van der Waals surface area contributed by atoms with Gasteiger partial charge in [0.1, 0.15) is 29.8 Å². The molecule has 0 amide bonds. The van der Waals surface area contributed by atoms with Crippen molar-refractivity contribution in [1.29, 1.82) is 0 Å². The summed E-state index contributed by atoms with van der Waals surface area (Å²) in [5.74, 6) is -2.39. The maximum Gasteiger partial charge on any atom is 0.335 e. The molecule has 1 fully saturated rings. The van der Waals surface area contributed by atoms with Crippen molar-refractivity contribution in [3.63, 3.8) is 0 Å². The number of aliphatic hydroxyl groups is 3. The first-order valence-electron chi connectivity index (χ1n) is 10.5. The molecule has 10 nitrogen and oxygen atoms in total. The lowest BCUT2D eigenvalue weighted by atomic mass is 9.99. The average Bonchev–Trinajstić information content (AvgIpc) is 2.79. The van der Waals surface area contributed by atoms with Gasteiger partial charge in [0, 0.05) is 0 Å². The van der Waals surface area contributed by atoms with Crippen molar-refractivity contribution in [1.82, 2.24) is 0 Å². The lowest BCUT2D eigenvalue weighted by Crippen LogP contribution is -2.61. The van der Waals surface area contributed by atoms with Crippen LogP contribution in [-0.2, 0) is 9.53 Å². The van der Waals surface area contributed by atoms with Crippen molar-refractivity contribution in [2.45, 2.75) is 37.6 Å². The van der Waals surface area contributed by atoms with Crippen molar-refractivity contribution in [2.75, 3.05) is 0 Å². The Balaban J connectivity index is 1.99. The van der Waals surface area contributed by atoms with Gasteiger partial charge in [0.2, 0.25) is 6.29 Å². The number of rotatable bonds is 7. The number of hydrogen-bond acceptors (Lipinski definition) is 9. The zero-order valence-corrected chi connectivity index (χ0v) is 18.6. The van der Waals surface area contributed by atoms with Crippen LogP contribution in [0.4, 0.5) is 0 Å². The molecule has 0 radical (unpaired) electrons. The van der Waals surface area contributed by atoms with Gasteiger partial charge in [-0.3, -0.25) is 0 Å². The fraction of sp³-hybridized carbons (Fsp3) is 0.240. The number of ether oxygens (including phenoxy) is 2. The summed E-state index contributed by atoms with van der Waals surface area (Å²) >= 11 is 0. The summed E-state index contributed by atoms with van der Waals surface area (Å²) in [5, 5.41) is 69.3. The van der Waals surface area contributed by atoms with Gasteiger partial charge in [-0.25, -0.2) is 4.79 Å². The predicted molar refractivity (Wildman–Crippen MR) is 126 cm³/mol. The van der Waals surface area contributed by atoms with E-state index in [4.69, 9.17) is 9.47 Å². The molecule has 10 heteroatoms. The normalized spacial score (nSPS) is 24.6. The smallest absolute Gasteiger partial charge is 0.335 e. The minimum Gasteiger partial charge on any atom is -0.507 e. The van der Waals surface area contributed by atoms with Crippen LogP contribution in [0, 0.1) is 0 Å². The van der Waals surface area contributed by atoms with Gasteiger partial charge in [-0.15, -0.1) is 0 Å². The van der Waals surface area contributed by atoms with Crippen molar-refractivity contribution >= 4 is 24.2 Å². The molecule has 0 aromatic heterocycles. The van der Waals surface area contributed by atoms with Crippen LogP contribution in [0.5, 0.6) is 23.0 Å². The summed E-state index contributed by atoms with van der Waals surface area (Å²) in [6, 6.07) is 7.08. The molecule has 3 rings (SSSR count). The zero-order valence-electron chi connectivity index (χ0n) is 18.6. The quantitative estimate of drug-likeness (QED) is 0.174. The van der Waals surface area contributed by atoms with E-state index in [0.29, 0.717) is 16.7 Å². The number of allylic oxidation sites excluding steroid dienone is 2. The number of aliphatic hydroxyl groups excluding tert-OH is 3. The SMILES string of the molecule is C=C(C)/C=C/c1c(O)cc(/C=C/c2ccc(O)c(O)c2)cc1OC1OC(C(=O)O)C(O)C(O)C1O. The number of carboxylic acids is 1. The molecule has 5 atom stereocenters. The number of carbonyl (C=O) groups is 1. The summed E-state index contributed by atoms with van der Waals surface area (Å²) in [7, 11) is 0. The number of hydrogen-bond donors (Lipinski definition) is 7. The monoisotopic (exact) mass is 486 g/mol. The summed E-state index contributed by atoms with van der Waals surface area (Å²) in [6.07, 6.45) is -2.82. The van der Waals surface area contributed by atoms with Gasteiger partial charge < -0.3 is 45.2 Å². The maximum atomic E-state index is 11.4. The Kier molecular flexibility index (Phi) is 7.82. The molecule has 1 aliphatic heterocycles. The van der Waals surface area contributed by atoms with E-state index in [1.165, 1.54) is 30.3 Å². The third kappa shape index (κ3) is 6.00. The van der Waals surface area contributed by atoms with Gasteiger partial charge in [-0.2, -0.15) is 0 Å². The molecule has 2 aromatic carbocycles. The van der Waals surface area contributed by atoms with Crippen LogP contribution >= 0.6 is 0 Å². The van der Waals surface area contributed by atoms with Crippen LogP contribution in [0.1, 0.15) is 23.6 Å².